The molecule has 2 aromatic carbocycles. The van der Waals surface area contributed by atoms with Crippen LogP contribution in [0.2, 0.25) is 5.02 Å². The largest absolute Gasteiger partial charge is 0.448 e. The highest BCUT2D eigenvalue weighted by Crippen LogP contribution is 2.41. The summed E-state index contributed by atoms with van der Waals surface area (Å²) in [5.41, 5.74) is -1.14. The van der Waals surface area contributed by atoms with Crippen molar-refractivity contribution in [3.8, 4) is 11.5 Å². The van der Waals surface area contributed by atoms with Crippen LogP contribution in [-0.2, 0) is 15.7 Å². The van der Waals surface area contributed by atoms with Crippen molar-refractivity contribution in [3.05, 3.63) is 57.1 Å². The Morgan fingerprint density at radius 3 is 2.41 bits per heavy atom. The molecule has 2 rings (SSSR count). The van der Waals surface area contributed by atoms with Gasteiger partial charge in [0.1, 0.15) is 11.4 Å². The lowest BCUT2D eigenvalue weighted by Crippen LogP contribution is -2.13. The standard InChI is InChI=1S/C21H24ClF3N2O5/c1-2-3-10-30-12-13-31-11-9-26-17-5-4-6-19(20(17)27(28)29)32-18-8-7-15(14-16(18)22)21(23,24)25/h4-8,14,26H,2-3,9-13H2,1H3. The maximum absolute atomic E-state index is 12.8. The maximum atomic E-state index is 12.8. The number of benzene rings is 2. The zero-order chi connectivity index (χ0) is 23.6. The van der Waals surface area contributed by atoms with E-state index >= 15 is 0 Å². The number of hydrogen-bond donors (Lipinski definition) is 1. The zero-order valence-corrected chi connectivity index (χ0v) is 18.2. The van der Waals surface area contributed by atoms with Crippen LogP contribution < -0.4 is 10.1 Å². The van der Waals surface area contributed by atoms with E-state index in [2.05, 4.69) is 12.2 Å². The minimum Gasteiger partial charge on any atom is -0.448 e. The van der Waals surface area contributed by atoms with E-state index in [0.717, 1.165) is 25.0 Å². The van der Waals surface area contributed by atoms with Crippen LogP contribution in [0.15, 0.2) is 36.4 Å². The van der Waals surface area contributed by atoms with Gasteiger partial charge in [0.25, 0.3) is 0 Å². The van der Waals surface area contributed by atoms with Crippen molar-refractivity contribution in [1.29, 1.82) is 0 Å². The summed E-state index contributed by atoms with van der Waals surface area (Å²) >= 11 is 5.89. The molecular weight excluding hydrogens is 453 g/mol. The number of anilines is 1. The number of alkyl halides is 3. The van der Waals surface area contributed by atoms with Gasteiger partial charge in [-0.2, -0.15) is 13.2 Å². The van der Waals surface area contributed by atoms with Crippen LogP contribution in [0.25, 0.3) is 0 Å². The first-order valence-corrected chi connectivity index (χ1v) is 10.3. The fourth-order valence-electron chi connectivity index (χ4n) is 2.64. The average molecular weight is 477 g/mol. The van der Waals surface area contributed by atoms with Gasteiger partial charge in [-0.05, 0) is 36.8 Å². The van der Waals surface area contributed by atoms with Crippen LogP contribution in [0.3, 0.4) is 0 Å². The molecule has 0 aliphatic heterocycles. The van der Waals surface area contributed by atoms with Gasteiger partial charge in [-0.1, -0.05) is 31.0 Å². The highest BCUT2D eigenvalue weighted by atomic mass is 35.5. The molecule has 0 spiro atoms. The molecule has 2 aromatic rings. The van der Waals surface area contributed by atoms with Gasteiger partial charge in [-0.25, -0.2) is 0 Å². The number of para-hydroxylation sites is 1. The van der Waals surface area contributed by atoms with Crippen molar-refractivity contribution in [2.75, 3.05) is 38.3 Å². The number of rotatable bonds is 13. The van der Waals surface area contributed by atoms with Crippen LogP contribution in [0.4, 0.5) is 24.5 Å². The van der Waals surface area contributed by atoms with Gasteiger partial charge in [0.05, 0.1) is 35.3 Å². The Hall–Kier alpha value is -2.56. The smallest absolute Gasteiger partial charge is 0.416 e. The number of ether oxygens (including phenoxy) is 3. The molecule has 0 saturated heterocycles. The van der Waals surface area contributed by atoms with Gasteiger partial charge >= 0.3 is 11.9 Å². The molecule has 7 nitrogen and oxygen atoms in total. The Bertz CT molecular complexity index is 896. The number of nitrogens with one attached hydrogen (secondary N) is 1. The molecule has 0 aliphatic rings. The Balaban J connectivity index is 2.00. The molecule has 0 unspecified atom stereocenters. The molecule has 0 aliphatic carbocycles. The van der Waals surface area contributed by atoms with E-state index in [-0.39, 0.29) is 27.9 Å². The third-order valence-corrected chi connectivity index (χ3v) is 4.53. The summed E-state index contributed by atoms with van der Waals surface area (Å²) < 4.78 is 54.7. The van der Waals surface area contributed by atoms with Crippen LogP contribution in [0.1, 0.15) is 25.3 Å². The van der Waals surface area contributed by atoms with E-state index in [1.165, 1.54) is 18.2 Å². The second-order valence-electron chi connectivity index (χ2n) is 6.66. The van der Waals surface area contributed by atoms with E-state index < -0.39 is 16.7 Å². The third kappa shape index (κ3) is 7.85. The third-order valence-electron chi connectivity index (χ3n) is 4.24. The number of halogens is 4. The van der Waals surface area contributed by atoms with Gasteiger partial charge in [-0.3, -0.25) is 10.1 Å². The van der Waals surface area contributed by atoms with Gasteiger partial charge in [-0.15, -0.1) is 0 Å². The molecule has 0 radical (unpaired) electrons. The lowest BCUT2D eigenvalue weighted by molar-refractivity contribution is -0.384. The lowest BCUT2D eigenvalue weighted by Gasteiger charge is -2.13. The van der Waals surface area contributed by atoms with E-state index in [1.807, 2.05) is 0 Å². The molecule has 11 heteroatoms. The SMILES string of the molecule is CCCCOCCOCCNc1cccc(Oc2ccc(C(F)(F)F)cc2Cl)c1[N+](=O)[O-]. The van der Waals surface area contributed by atoms with Gasteiger partial charge in [0, 0.05) is 13.2 Å². The van der Waals surface area contributed by atoms with E-state index in [0.29, 0.717) is 39.0 Å². The van der Waals surface area contributed by atoms with Crippen LogP contribution >= 0.6 is 11.6 Å². The minimum atomic E-state index is -4.57. The maximum Gasteiger partial charge on any atom is 0.416 e. The summed E-state index contributed by atoms with van der Waals surface area (Å²) in [5, 5.41) is 14.2. The van der Waals surface area contributed by atoms with Gasteiger partial charge in [0.2, 0.25) is 5.75 Å². The lowest BCUT2D eigenvalue weighted by atomic mass is 10.2. The normalized spacial score (nSPS) is 11.4. The van der Waals surface area contributed by atoms with Gasteiger partial charge < -0.3 is 19.5 Å². The first-order chi connectivity index (χ1) is 15.2. The van der Waals surface area contributed by atoms with Crippen molar-refractivity contribution < 1.29 is 32.3 Å². The molecule has 0 fully saturated rings. The van der Waals surface area contributed by atoms with Crippen LogP contribution in [0, 0.1) is 10.1 Å². The van der Waals surface area contributed by atoms with E-state index in [9.17, 15) is 23.3 Å². The van der Waals surface area contributed by atoms with Crippen LogP contribution in [0.5, 0.6) is 11.5 Å². The monoisotopic (exact) mass is 476 g/mol. The minimum absolute atomic E-state index is 0.133. The molecule has 0 amide bonds. The summed E-state index contributed by atoms with van der Waals surface area (Å²) in [5.74, 6) is -0.293. The molecule has 0 aromatic heterocycles. The quantitative estimate of drug-likeness (QED) is 0.207. The number of nitro groups is 1. The summed E-state index contributed by atoms with van der Waals surface area (Å²) in [7, 11) is 0. The molecule has 0 atom stereocenters. The summed E-state index contributed by atoms with van der Waals surface area (Å²) in [6.07, 6.45) is -2.53. The fourth-order valence-corrected chi connectivity index (χ4v) is 2.86. The highest BCUT2D eigenvalue weighted by Gasteiger charge is 2.31. The number of unbranched alkanes of at least 4 members (excludes halogenated alkanes) is 1. The van der Waals surface area contributed by atoms with Crippen LogP contribution in [-0.4, -0.2) is 37.9 Å². The molecule has 0 bridgehead atoms. The Morgan fingerprint density at radius 2 is 1.78 bits per heavy atom. The molecule has 32 heavy (non-hydrogen) atoms. The number of nitro benzene ring substituents is 1. The van der Waals surface area contributed by atoms with Crippen molar-refractivity contribution in [2.45, 2.75) is 25.9 Å². The van der Waals surface area contributed by atoms with Crippen molar-refractivity contribution in [2.24, 2.45) is 0 Å². The first kappa shape index (κ1) is 25.7. The molecule has 176 valence electrons. The molecule has 0 heterocycles. The Morgan fingerprint density at radius 1 is 1.06 bits per heavy atom. The summed E-state index contributed by atoms with van der Waals surface area (Å²) in [6.45, 7) is 4.22. The first-order valence-electron chi connectivity index (χ1n) is 9.95. The Labute approximate surface area is 188 Å². The molecule has 0 saturated carbocycles. The van der Waals surface area contributed by atoms with Gasteiger partial charge in [0.15, 0.2) is 0 Å². The Kier molecular flexibility index (Phi) is 10.0. The zero-order valence-electron chi connectivity index (χ0n) is 17.4. The number of hydrogen-bond acceptors (Lipinski definition) is 6. The van der Waals surface area contributed by atoms with E-state index in [1.54, 1.807) is 0 Å². The summed E-state index contributed by atoms with van der Waals surface area (Å²) in [6, 6.07) is 6.86. The second-order valence-corrected chi connectivity index (χ2v) is 7.07. The average Bonchev–Trinajstić information content (AvgIpc) is 2.73. The summed E-state index contributed by atoms with van der Waals surface area (Å²) in [4.78, 5) is 11.0. The van der Waals surface area contributed by atoms with Crippen molar-refractivity contribution >= 4 is 23.0 Å². The molecular formula is C21H24ClF3N2O5. The van der Waals surface area contributed by atoms with E-state index in [4.69, 9.17) is 25.8 Å². The van der Waals surface area contributed by atoms with Crippen molar-refractivity contribution in [1.82, 2.24) is 0 Å². The predicted octanol–water partition coefficient (Wildman–Crippen LogP) is 6.30. The molecule has 1 N–H and O–H groups in total. The second kappa shape index (κ2) is 12.5. The number of nitrogens with zero attached hydrogens (tertiary/aromatic N) is 1. The predicted molar refractivity (Wildman–Crippen MR) is 115 cm³/mol. The fraction of sp³-hybridized carbons (Fsp3) is 0.429. The van der Waals surface area contributed by atoms with Crippen molar-refractivity contribution in [3.63, 3.8) is 0 Å². The highest BCUT2D eigenvalue weighted by molar-refractivity contribution is 6.32. The topological polar surface area (TPSA) is 82.9 Å².